The molecule has 25 heavy (non-hydrogen) atoms. The summed E-state index contributed by atoms with van der Waals surface area (Å²) in [5.74, 6) is -0.802. The number of rotatable bonds is 5. The van der Waals surface area contributed by atoms with Gasteiger partial charge < -0.3 is 10.1 Å². The number of hydrogen-bond donors (Lipinski definition) is 1. The number of hydrogen-bond acceptors (Lipinski definition) is 4. The topological polar surface area (TPSA) is 81.5 Å². The maximum atomic E-state index is 12.0. The molecule has 0 saturated carbocycles. The van der Waals surface area contributed by atoms with Crippen LogP contribution in [0.25, 0.3) is 0 Å². The van der Waals surface area contributed by atoms with Gasteiger partial charge in [-0.15, -0.1) is 0 Å². The van der Waals surface area contributed by atoms with E-state index in [1.54, 1.807) is 0 Å². The van der Waals surface area contributed by atoms with Crippen molar-refractivity contribution in [2.45, 2.75) is 0 Å². The number of carbonyl (C=O) groups excluding carboxylic acids is 1. The summed E-state index contributed by atoms with van der Waals surface area (Å²) >= 11 is 29.6. The lowest BCUT2D eigenvalue weighted by molar-refractivity contribution is -0.383. The lowest BCUT2D eigenvalue weighted by Crippen LogP contribution is -2.21. The third-order valence-electron chi connectivity index (χ3n) is 2.89. The Balaban J connectivity index is 2.16. The van der Waals surface area contributed by atoms with E-state index >= 15 is 0 Å². The summed E-state index contributed by atoms with van der Waals surface area (Å²) in [6.07, 6.45) is 0. The van der Waals surface area contributed by atoms with E-state index in [-0.39, 0.29) is 42.2 Å². The second-order valence-corrected chi connectivity index (χ2v) is 6.40. The number of nitrogens with zero attached hydrogens (tertiary/aromatic N) is 1. The van der Waals surface area contributed by atoms with Crippen molar-refractivity contribution in [3.8, 4) is 5.75 Å². The van der Waals surface area contributed by atoms with Gasteiger partial charge in [0, 0.05) is 6.07 Å². The molecule has 1 amide bonds. The summed E-state index contributed by atoms with van der Waals surface area (Å²) in [4.78, 5) is 22.3. The molecule has 132 valence electrons. The van der Waals surface area contributed by atoms with E-state index in [1.165, 1.54) is 24.3 Å². The van der Waals surface area contributed by atoms with Crippen molar-refractivity contribution in [1.29, 1.82) is 0 Å². The van der Waals surface area contributed by atoms with Gasteiger partial charge in [0.05, 0.1) is 20.0 Å². The average Bonchev–Trinajstić information content (AvgIpc) is 2.58. The molecule has 0 radical (unpaired) electrons. The lowest BCUT2D eigenvalue weighted by atomic mass is 10.2. The molecule has 0 bridgehead atoms. The summed E-state index contributed by atoms with van der Waals surface area (Å²) in [7, 11) is 0. The highest BCUT2D eigenvalue weighted by Gasteiger charge is 2.22. The largest absolute Gasteiger partial charge is 0.481 e. The number of benzene rings is 2. The highest BCUT2D eigenvalue weighted by molar-refractivity contribution is 6.55. The molecule has 0 heterocycles. The molecule has 0 aromatic heterocycles. The van der Waals surface area contributed by atoms with E-state index < -0.39 is 17.4 Å². The zero-order valence-corrected chi connectivity index (χ0v) is 15.8. The van der Waals surface area contributed by atoms with Crippen LogP contribution < -0.4 is 10.1 Å². The van der Waals surface area contributed by atoms with Crippen molar-refractivity contribution < 1.29 is 14.5 Å². The first-order valence-corrected chi connectivity index (χ1v) is 8.30. The fourth-order valence-corrected chi connectivity index (χ4v) is 3.00. The van der Waals surface area contributed by atoms with Crippen LogP contribution >= 0.6 is 58.0 Å². The molecule has 0 atom stereocenters. The third kappa shape index (κ3) is 4.40. The van der Waals surface area contributed by atoms with Crippen LogP contribution in [0.2, 0.25) is 25.1 Å². The Kier molecular flexibility index (Phi) is 6.59. The second kappa shape index (κ2) is 8.29. The third-order valence-corrected chi connectivity index (χ3v) is 5.13. The first-order chi connectivity index (χ1) is 11.7. The fraction of sp³-hybridized carbons (Fsp3) is 0.0714. The summed E-state index contributed by atoms with van der Waals surface area (Å²) in [6, 6.07) is 5.65. The number of para-hydroxylation sites is 2. The van der Waals surface area contributed by atoms with Crippen molar-refractivity contribution in [3.63, 3.8) is 0 Å². The van der Waals surface area contributed by atoms with Crippen molar-refractivity contribution >= 4 is 75.3 Å². The van der Waals surface area contributed by atoms with Gasteiger partial charge in [0.1, 0.15) is 15.7 Å². The number of halogens is 5. The predicted molar refractivity (Wildman–Crippen MR) is 98.7 cm³/mol. The van der Waals surface area contributed by atoms with E-state index in [4.69, 9.17) is 62.7 Å². The molecule has 1 N–H and O–H groups in total. The number of anilines is 1. The van der Waals surface area contributed by atoms with Gasteiger partial charge in [0.25, 0.3) is 11.6 Å². The van der Waals surface area contributed by atoms with Gasteiger partial charge >= 0.3 is 0 Å². The Morgan fingerprint density at radius 3 is 2.08 bits per heavy atom. The molecule has 0 aliphatic heterocycles. The number of nitrogens with one attached hydrogen (secondary N) is 1. The minimum absolute atomic E-state index is 0.0189. The Morgan fingerprint density at radius 2 is 1.52 bits per heavy atom. The molecule has 6 nitrogen and oxygen atoms in total. The number of ether oxygens (including phenoxy) is 1. The van der Waals surface area contributed by atoms with Gasteiger partial charge in [0.15, 0.2) is 12.4 Å². The van der Waals surface area contributed by atoms with Gasteiger partial charge in [0.2, 0.25) is 0 Å². The monoisotopic (exact) mass is 442 g/mol. The minimum atomic E-state index is -0.677. The molecular weight excluding hydrogens is 437 g/mol. The Bertz CT molecular complexity index is 830. The van der Waals surface area contributed by atoms with Crippen LogP contribution in [0.4, 0.5) is 11.4 Å². The predicted octanol–water partition coefficient (Wildman–Crippen LogP) is 5.88. The molecular formula is C14H7Cl5N2O4. The zero-order chi connectivity index (χ0) is 18.7. The number of nitro benzene ring substituents is 1. The van der Waals surface area contributed by atoms with Gasteiger partial charge in [-0.1, -0.05) is 70.1 Å². The van der Waals surface area contributed by atoms with Crippen LogP contribution in [0.3, 0.4) is 0 Å². The molecule has 11 heteroatoms. The van der Waals surface area contributed by atoms with Crippen LogP contribution in [-0.4, -0.2) is 17.4 Å². The van der Waals surface area contributed by atoms with Crippen LogP contribution in [0.1, 0.15) is 0 Å². The molecule has 0 spiro atoms. The SMILES string of the molecule is O=C(COc1c(Cl)c(Cl)c(Cl)c(Cl)c1Cl)Nc1ccccc1[N+](=O)[O-]. The molecule has 0 aliphatic carbocycles. The standard InChI is InChI=1S/C14H7Cl5N2O4/c15-9-10(16)12(18)14(13(19)11(9)17)25-5-8(22)20-6-3-1-2-4-7(6)21(23)24/h1-4H,5H2,(H,20,22). The van der Waals surface area contributed by atoms with E-state index in [0.29, 0.717) is 0 Å². The summed E-state index contributed by atoms with van der Waals surface area (Å²) in [5.41, 5.74) is -0.241. The summed E-state index contributed by atoms with van der Waals surface area (Å²) in [6.45, 7) is -0.542. The van der Waals surface area contributed by atoms with Crippen LogP contribution in [0.5, 0.6) is 5.75 Å². The number of amides is 1. The quantitative estimate of drug-likeness (QED) is 0.270. The molecule has 2 aromatic rings. The van der Waals surface area contributed by atoms with E-state index in [0.717, 1.165) is 0 Å². The van der Waals surface area contributed by atoms with Crippen LogP contribution in [-0.2, 0) is 4.79 Å². The first kappa shape index (κ1) is 19.9. The number of nitro groups is 1. The molecule has 2 rings (SSSR count). The van der Waals surface area contributed by atoms with Crippen molar-refractivity contribution in [3.05, 3.63) is 59.5 Å². The van der Waals surface area contributed by atoms with Crippen LogP contribution in [0, 0.1) is 10.1 Å². The molecule has 0 aliphatic rings. The maximum absolute atomic E-state index is 12.0. The molecule has 2 aromatic carbocycles. The van der Waals surface area contributed by atoms with E-state index in [2.05, 4.69) is 5.32 Å². The Morgan fingerprint density at radius 1 is 1.00 bits per heavy atom. The van der Waals surface area contributed by atoms with Gasteiger partial charge in [-0.05, 0) is 6.07 Å². The van der Waals surface area contributed by atoms with Crippen molar-refractivity contribution in [2.75, 3.05) is 11.9 Å². The van der Waals surface area contributed by atoms with E-state index in [1.807, 2.05) is 0 Å². The summed E-state index contributed by atoms with van der Waals surface area (Å²) < 4.78 is 5.25. The minimum Gasteiger partial charge on any atom is -0.481 e. The molecule has 0 fully saturated rings. The second-order valence-electron chi connectivity index (χ2n) is 4.51. The maximum Gasteiger partial charge on any atom is 0.292 e. The Hall–Kier alpha value is -1.44. The highest BCUT2D eigenvalue weighted by Crippen LogP contribution is 2.48. The fourth-order valence-electron chi connectivity index (χ4n) is 1.77. The molecule has 0 unspecified atom stereocenters. The lowest BCUT2D eigenvalue weighted by Gasteiger charge is -2.13. The smallest absolute Gasteiger partial charge is 0.292 e. The summed E-state index contributed by atoms with van der Waals surface area (Å²) in [5, 5.41) is 12.9. The normalized spacial score (nSPS) is 10.4. The van der Waals surface area contributed by atoms with Crippen molar-refractivity contribution in [1.82, 2.24) is 0 Å². The van der Waals surface area contributed by atoms with Gasteiger partial charge in [-0.3, -0.25) is 14.9 Å². The van der Waals surface area contributed by atoms with E-state index in [9.17, 15) is 14.9 Å². The first-order valence-electron chi connectivity index (χ1n) is 6.41. The number of carbonyl (C=O) groups is 1. The zero-order valence-electron chi connectivity index (χ0n) is 12.0. The highest BCUT2D eigenvalue weighted by atomic mass is 35.5. The van der Waals surface area contributed by atoms with Crippen LogP contribution in [0.15, 0.2) is 24.3 Å². The van der Waals surface area contributed by atoms with Gasteiger partial charge in [-0.2, -0.15) is 0 Å². The average molecular weight is 444 g/mol. The van der Waals surface area contributed by atoms with Crippen molar-refractivity contribution in [2.24, 2.45) is 0 Å². The molecule has 0 saturated heterocycles. The van der Waals surface area contributed by atoms with Gasteiger partial charge in [-0.25, -0.2) is 0 Å². The Labute approximate surface area is 166 Å².